The summed E-state index contributed by atoms with van der Waals surface area (Å²) in [5, 5.41) is 2.74. The van der Waals surface area contributed by atoms with Gasteiger partial charge in [0.15, 0.2) is 0 Å². The van der Waals surface area contributed by atoms with Gasteiger partial charge in [-0.3, -0.25) is 4.79 Å². The summed E-state index contributed by atoms with van der Waals surface area (Å²) in [5.41, 5.74) is 5.51. The second-order valence-corrected chi connectivity index (χ2v) is 2.88. The number of ether oxygens (including phenoxy) is 1. The lowest BCUT2D eigenvalue weighted by atomic mass is 10.2. The molecule has 4 heteroatoms. The fourth-order valence-electron chi connectivity index (χ4n) is 0.827. The maximum Gasteiger partial charge on any atom is 0.237 e. The van der Waals surface area contributed by atoms with Crippen molar-refractivity contribution in [1.82, 2.24) is 5.32 Å². The van der Waals surface area contributed by atoms with Crippen LogP contribution in [0.3, 0.4) is 0 Å². The van der Waals surface area contributed by atoms with Crippen LogP contribution in [0.4, 0.5) is 0 Å². The molecule has 0 aliphatic rings. The van der Waals surface area contributed by atoms with Crippen molar-refractivity contribution in [3.8, 4) is 0 Å². The van der Waals surface area contributed by atoms with Gasteiger partial charge in [0.1, 0.15) is 0 Å². The Morgan fingerprint density at radius 3 is 2.67 bits per heavy atom. The summed E-state index contributed by atoms with van der Waals surface area (Å²) in [5.74, 6) is -0.109. The Labute approximate surface area is 73.5 Å². The van der Waals surface area contributed by atoms with Crippen LogP contribution in [-0.2, 0) is 9.53 Å². The highest BCUT2D eigenvalue weighted by Gasteiger charge is 2.12. The van der Waals surface area contributed by atoms with Gasteiger partial charge in [0.25, 0.3) is 0 Å². The minimum Gasteiger partial charge on any atom is -0.383 e. The van der Waals surface area contributed by atoms with E-state index in [1.165, 1.54) is 0 Å². The molecule has 0 aliphatic heterocycles. The summed E-state index contributed by atoms with van der Waals surface area (Å²) in [7, 11) is 1.60. The van der Waals surface area contributed by atoms with E-state index in [0.29, 0.717) is 13.0 Å². The lowest BCUT2D eigenvalue weighted by Crippen LogP contribution is -2.45. The maximum absolute atomic E-state index is 11.2. The smallest absolute Gasteiger partial charge is 0.237 e. The molecule has 1 amide bonds. The first-order valence-corrected chi connectivity index (χ1v) is 4.16. The van der Waals surface area contributed by atoms with E-state index >= 15 is 0 Å². The van der Waals surface area contributed by atoms with Gasteiger partial charge in [-0.15, -0.1) is 0 Å². The van der Waals surface area contributed by atoms with Crippen LogP contribution in [0.25, 0.3) is 0 Å². The molecular weight excluding hydrogens is 156 g/mol. The molecule has 0 saturated carbocycles. The molecule has 0 aliphatic carbocycles. The van der Waals surface area contributed by atoms with Gasteiger partial charge in [-0.05, 0) is 13.3 Å². The summed E-state index contributed by atoms with van der Waals surface area (Å²) >= 11 is 0. The lowest BCUT2D eigenvalue weighted by molar-refractivity contribution is -0.123. The van der Waals surface area contributed by atoms with Crippen molar-refractivity contribution in [3.05, 3.63) is 0 Å². The molecule has 72 valence electrons. The molecule has 0 spiro atoms. The highest BCUT2D eigenvalue weighted by atomic mass is 16.5. The number of carbonyl (C=O) groups excluding carboxylic acids is 1. The second-order valence-electron chi connectivity index (χ2n) is 2.88. The Morgan fingerprint density at radius 1 is 1.67 bits per heavy atom. The highest BCUT2D eigenvalue weighted by Crippen LogP contribution is 1.88. The third-order valence-electron chi connectivity index (χ3n) is 1.58. The number of amides is 1. The zero-order valence-corrected chi connectivity index (χ0v) is 7.96. The van der Waals surface area contributed by atoms with E-state index in [1.54, 1.807) is 7.11 Å². The molecule has 0 heterocycles. The normalized spacial score (nSPS) is 15.3. The fourth-order valence-corrected chi connectivity index (χ4v) is 0.827. The quantitative estimate of drug-likeness (QED) is 0.610. The number of carbonyl (C=O) groups is 1. The van der Waals surface area contributed by atoms with Crippen LogP contribution in [0.1, 0.15) is 20.3 Å². The number of methoxy groups -OCH3 is 1. The lowest BCUT2D eigenvalue weighted by Gasteiger charge is -2.15. The average Bonchev–Trinajstić information content (AvgIpc) is 2.03. The summed E-state index contributed by atoms with van der Waals surface area (Å²) in [6, 6.07) is -0.371. The highest BCUT2D eigenvalue weighted by molar-refractivity contribution is 5.81. The van der Waals surface area contributed by atoms with E-state index in [2.05, 4.69) is 5.32 Å². The molecule has 0 aromatic rings. The summed E-state index contributed by atoms with van der Waals surface area (Å²) in [4.78, 5) is 11.2. The molecule has 0 aromatic heterocycles. The number of hydrogen-bond donors (Lipinski definition) is 2. The van der Waals surface area contributed by atoms with Crippen molar-refractivity contribution in [2.45, 2.75) is 32.4 Å². The first-order valence-electron chi connectivity index (χ1n) is 4.16. The molecule has 0 radical (unpaired) electrons. The van der Waals surface area contributed by atoms with Gasteiger partial charge in [0.05, 0.1) is 12.6 Å². The number of nitrogens with one attached hydrogen (secondary N) is 1. The van der Waals surface area contributed by atoms with E-state index in [-0.39, 0.29) is 11.9 Å². The number of rotatable bonds is 5. The zero-order chi connectivity index (χ0) is 9.56. The van der Waals surface area contributed by atoms with E-state index in [9.17, 15) is 4.79 Å². The van der Waals surface area contributed by atoms with Crippen molar-refractivity contribution in [2.24, 2.45) is 5.73 Å². The van der Waals surface area contributed by atoms with Crippen LogP contribution >= 0.6 is 0 Å². The third-order valence-corrected chi connectivity index (χ3v) is 1.58. The van der Waals surface area contributed by atoms with Gasteiger partial charge in [-0.1, -0.05) is 6.92 Å². The van der Waals surface area contributed by atoms with Crippen LogP contribution in [0.5, 0.6) is 0 Å². The first-order chi connectivity index (χ1) is 5.61. The minimum atomic E-state index is -0.399. The Bertz CT molecular complexity index is 139. The second kappa shape index (κ2) is 5.97. The molecule has 0 saturated heterocycles. The van der Waals surface area contributed by atoms with Gasteiger partial charge in [-0.25, -0.2) is 0 Å². The molecule has 4 nitrogen and oxygen atoms in total. The average molecular weight is 174 g/mol. The topological polar surface area (TPSA) is 64.4 Å². The van der Waals surface area contributed by atoms with Crippen LogP contribution in [0, 0.1) is 0 Å². The monoisotopic (exact) mass is 174 g/mol. The van der Waals surface area contributed by atoms with E-state index in [0.717, 1.165) is 0 Å². The Morgan fingerprint density at radius 2 is 2.25 bits per heavy atom. The zero-order valence-electron chi connectivity index (χ0n) is 7.96. The van der Waals surface area contributed by atoms with E-state index < -0.39 is 6.04 Å². The van der Waals surface area contributed by atoms with Crippen LogP contribution < -0.4 is 11.1 Å². The Kier molecular flexibility index (Phi) is 5.66. The fraction of sp³-hybridized carbons (Fsp3) is 0.875. The molecular formula is C8H18N2O2. The summed E-state index contributed by atoms with van der Waals surface area (Å²) in [6.45, 7) is 4.27. The summed E-state index contributed by atoms with van der Waals surface area (Å²) in [6.07, 6.45) is 0.658. The van der Waals surface area contributed by atoms with E-state index in [4.69, 9.17) is 10.5 Å². The van der Waals surface area contributed by atoms with Crippen molar-refractivity contribution in [3.63, 3.8) is 0 Å². The SMILES string of the molecule is CC[C@@H](N)C(=O)NC(C)COC. The van der Waals surface area contributed by atoms with Crippen molar-refractivity contribution < 1.29 is 9.53 Å². The molecule has 2 atom stereocenters. The maximum atomic E-state index is 11.2. The predicted molar refractivity (Wildman–Crippen MR) is 47.7 cm³/mol. The van der Waals surface area contributed by atoms with Crippen LogP contribution in [0.15, 0.2) is 0 Å². The van der Waals surface area contributed by atoms with Crippen molar-refractivity contribution in [1.29, 1.82) is 0 Å². The van der Waals surface area contributed by atoms with E-state index in [1.807, 2.05) is 13.8 Å². The Hall–Kier alpha value is -0.610. The molecule has 0 rings (SSSR count). The van der Waals surface area contributed by atoms with Crippen LogP contribution in [-0.4, -0.2) is 31.7 Å². The molecule has 12 heavy (non-hydrogen) atoms. The predicted octanol–water partition coefficient (Wildman–Crippen LogP) is -0.125. The third kappa shape index (κ3) is 4.31. The standard InChI is InChI=1S/C8H18N2O2/c1-4-7(9)8(11)10-6(2)5-12-3/h6-7H,4-5,9H2,1-3H3,(H,10,11)/t6?,7-/m1/s1. The molecule has 0 aromatic carbocycles. The number of hydrogen-bond acceptors (Lipinski definition) is 3. The summed E-state index contributed by atoms with van der Waals surface area (Å²) < 4.78 is 4.86. The van der Waals surface area contributed by atoms with Crippen molar-refractivity contribution in [2.75, 3.05) is 13.7 Å². The van der Waals surface area contributed by atoms with Crippen LogP contribution in [0.2, 0.25) is 0 Å². The van der Waals surface area contributed by atoms with Gasteiger partial charge < -0.3 is 15.8 Å². The van der Waals surface area contributed by atoms with Gasteiger partial charge in [0, 0.05) is 13.2 Å². The van der Waals surface area contributed by atoms with Gasteiger partial charge in [0.2, 0.25) is 5.91 Å². The minimum absolute atomic E-state index is 0.0279. The number of nitrogens with two attached hydrogens (primary N) is 1. The molecule has 1 unspecified atom stereocenters. The largest absolute Gasteiger partial charge is 0.383 e. The molecule has 0 fully saturated rings. The first kappa shape index (κ1) is 11.4. The molecule has 0 bridgehead atoms. The molecule has 3 N–H and O–H groups in total. The van der Waals surface area contributed by atoms with Gasteiger partial charge in [-0.2, -0.15) is 0 Å². The van der Waals surface area contributed by atoms with Crippen molar-refractivity contribution >= 4 is 5.91 Å². The van der Waals surface area contributed by atoms with Gasteiger partial charge >= 0.3 is 0 Å². The Balaban J connectivity index is 3.67.